The highest BCUT2D eigenvalue weighted by Gasteiger charge is 2.17. The minimum Gasteiger partial charge on any atom is -0.402 e. The maximum absolute atomic E-state index is 12.6. The van der Waals surface area contributed by atoms with E-state index in [1.165, 1.54) is 6.20 Å². The molecule has 1 saturated heterocycles. The molecule has 0 bridgehead atoms. The van der Waals surface area contributed by atoms with Crippen molar-refractivity contribution in [3.63, 3.8) is 0 Å². The number of hydrogen-bond acceptors (Lipinski definition) is 7. The molecule has 34 heavy (non-hydrogen) atoms. The number of likely N-dealkylation sites (N-methyl/N-ethyl adjacent to an activating group) is 1. The second-order valence-corrected chi connectivity index (χ2v) is 8.21. The Kier molecular flexibility index (Phi) is 7.46. The molecule has 0 spiro atoms. The van der Waals surface area contributed by atoms with Gasteiger partial charge in [0.15, 0.2) is 0 Å². The lowest BCUT2D eigenvalue weighted by molar-refractivity contribution is 0.191. The number of aromatic amines is 1. The maximum atomic E-state index is 12.6. The van der Waals surface area contributed by atoms with Crippen molar-refractivity contribution < 1.29 is 14.6 Å². The van der Waals surface area contributed by atoms with E-state index in [4.69, 9.17) is 4.74 Å². The Morgan fingerprint density at radius 3 is 2.62 bits per heavy atom. The van der Waals surface area contributed by atoms with Gasteiger partial charge in [-0.15, -0.1) is 0 Å². The van der Waals surface area contributed by atoms with Crippen LogP contribution < -0.4 is 25.8 Å². The largest absolute Gasteiger partial charge is 0.417 e. The Bertz CT molecular complexity index is 1160. The smallest absolute Gasteiger partial charge is 0.402 e. The van der Waals surface area contributed by atoms with Crippen LogP contribution in [0.1, 0.15) is 11.7 Å². The van der Waals surface area contributed by atoms with Crippen LogP contribution >= 0.6 is 0 Å². The molecule has 9 heteroatoms. The summed E-state index contributed by atoms with van der Waals surface area (Å²) in [4.78, 5) is 32.0. The van der Waals surface area contributed by atoms with Gasteiger partial charge in [0.05, 0.1) is 11.8 Å². The van der Waals surface area contributed by atoms with E-state index in [2.05, 4.69) is 32.5 Å². The van der Waals surface area contributed by atoms with Gasteiger partial charge in [-0.25, -0.2) is 4.79 Å². The molecule has 0 radical (unpaired) electrons. The van der Waals surface area contributed by atoms with E-state index in [1.54, 1.807) is 12.1 Å². The van der Waals surface area contributed by atoms with E-state index < -0.39 is 17.8 Å². The van der Waals surface area contributed by atoms with Crippen molar-refractivity contribution in [3.05, 3.63) is 82.8 Å². The fourth-order valence-electron chi connectivity index (χ4n) is 3.79. The van der Waals surface area contributed by atoms with Crippen molar-refractivity contribution in [1.82, 2.24) is 9.88 Å². The van der Waals surface area contributed by atoms with Crippen LogP contribution in [0.15, 0.2) is 71.7 Å². The standard InChI is InChI=1S/C25H29N5O4/c1-29-12-14-30(15-13-29)20-9-5-8-19(16-20)28-25(33)34-23-21(10-11-26-24(23)32)27-17-22(31)18-6-3-2-4-7-18/h2-11,16,22,31H,12-15,17H2,1H3,(H,28,33)(H2,26,27,32). The summed E-state index contributed by atoms with van der Waals surface area (Å²) in [5.74, 6) is -0.171. The Balaban J connectivity index is 1.40. The number of H-pyrrole nitrogens is 1. The highest BCUT2D eigenvalue weighted by Crippen LogP contribution is 2.23. The highest BCUT2D eigenvalue weighted by atomic mass is 16.6. The second kappa shape index (κ2) is 10.9. The summed E-state index contributed by atoms with van der Waals surface area (Å²) >= 11 is 0. The molecule has 1 atom stereocenters. The van der Waals surface area contributed by atoms with Gasteiger partial charge >= 0.3 is 6.09 Å². The summed E-state index contributed by atoms with van der Waals surface area (Å²) in [6.45, 7) is 3.91. The normalized spacial score (nSPS) is 14.9. The fraction of sp³-hybridized carbons (Fsp3) is 0.280. The molecule has 1 fully saturated rings. The van der Waals surface area contributed by atoms with Crippen molar-refractivity contribution >= 4 is 23.2 Å². The van der Waals surface area contributed by atoms with Gasteiger partial charge < -0.3 is 29.9 Å². The number of pyridine rings is 1. The number of piperazine rings is 1. The zero-order chi connectivity index (χ0) is 23.9. The van der Waals surface area contributed by atoms with Gasteiger partial charge in [0, 0.05) is 50.3 Å². The van der Waals surface area contributed by atoms with Crippen LogP contribution in [-0.4, -0.2) is 60.9 Å². The molecular weight excluding hydrogens is 434 g/mol. The van der Waals surface area contributed by atoms with Gasteiger partial charge in [0.1, 0.15) is 0 Å². The molecule has 178 valence electrons. The molecule has 4 N–H and O–H groups in total. The average Bonchev–Trinajstić information content (AvgIpc) is 2.85. The zero-order valence-electron chi connectivity index (χ0n) is 19.0. The van der Waals surface area contributed by atoms with Crippen molar-refractivity contribution in [2.75, 3.05) is 55.3 Å². The molecular formula is C25H29N5O4. The third-order valence-electron chi connectivity index (χ3n) is 5.74. The number of aliphatic hydroxyl groups is 1. The summed E-state index contributed by atoms with van der Waals surface area (Å²) in [5, 5.41) is 16.1. The quantitative estimate of drug-likeness (QED) is 0.427. The number of nitrogens with one attached hydrogen (secondary N) is 3. The average molecular weight is 464 g/mol. The van der Waals surface area contributed by atoms with E-state index in [-0.39, 0.29) is 12.3 Å². The molecule has 9 nitrogen and oxygen atoms in total. The molecule has 1 aliphatic heterocycles. The number of aliphatic hydroxyl groups excluding tert-OH is 1. The Morgan fingerprint density at radius 2 is 1.85 bits per heavy atom. The summed E-state index contributed by atoms with van der Waals surface area (Å²) in [6.07, 6.45) is -0.123. The van der Waals surface area contributed by atoms with Crippen molar-refractivity contribution in [2.45, 2.75) is 6.10 Å². The minimum atomic E-state index is -0.792. The molecule has 2 aromatic carbocycles. The van der Waals surface area contributed by atoms with Crippen molar-refractivity contribution in [3.8, 4) is 5.75 Å². The number of nitrogens with zero attached hydrogens (tertiary/aromatic N) is 2. The van der Waals surface area contributed by atoms with Gasteiger partial charge in [-0.1, -0.05) is 36.4 Å². The first kappa shape index (κ1) is 23.3. The van der Waals surface area contributed by atoms with Crippen LogP contribution in [0, 0.1) is 0 Å². The van der Waals surface area contributed by atoms with Gasteiger partial charge in [0.25, 0.3) is 5.56 Å². The number of ether oxygens (including phenoxy) is 1. The number of carbonyl (C=O) groups excluding carboxylic acids is 1. The molecule has 3 aromatic rings. The monoisotopic (exact) mass is 463 g/mol. The maximum Gasteiger partial charge on any atom is 0.417 e. The molecule has 1 unspecified atom stereocenters. The lowest BCUT2D eigenvalue weighted by Gasteiger charge is -2.34. The number of benzene rings is 2. The van der Waals surface area contributed by atoms with Crippen LogP contribution in [0.25, 0.3) is 0 Å². The third kappa shape index (κ3) is 5.94. The number of aromatic nitrogens is 1. The molecule has 0 saturated carbocycles. The van der Waals surface area contributed by atoms with E-state index in [9.17, 15) is 14.7 Å². The van der Waals surface area contributed by atoms with Gasteiger partial charge in [-0.3, -0.25) is 10.1 Å². The molecule has 1 aromatic heterocycles. The summed E-state index contributed by atoms with van der Waals surface area (Å²) in [7, 11) is 2.10. The predicted octanol–water partition coefficient (Wildman–Crippen LogP) is 2.88. The van der Waals surface area contributed by atoms with Crippen LogP contribution in [-0.2, 0) is 0 Å². The number of amides is 1. The predicted molar refractivity (Wildman–Crippen MR) is 133 cm³/mol. The van der Waals surface area contributed by atoms with Gasteiger partial charge in [-0.05, 0) is 36.9 Å². The fourth-order valence-corrected chi connectivity index (χ4v) is 3.79. The molecule has 0 aliphatic carbocycles. The van der Waals surface area contributed by atoms with E-state index in [0.29, 0.717) is 11.4 Å². The van der Waals surface area contributed by atoms with Crippen LogP contribution in [0.5, 0.6) is 5.75 Å². The molecule has 1 aliphatic rings. The molecule has 1 amide bonds. The summed E-state index contributed by atoms with van der Waals surface area (Å²) in [6, 6.07) is 18.3. The van der Waals surface area contributed by atoms with Crippen molar-refractivity contribution in [2.24, 2.45) is 0 Å². The Labute approximate surface area is 198 Å². The molecule has 4 rings (SSSR count). The summed E-state index contributed by atoms with van der Waals surface area (Å²) in [5.41, 5.74) is 2.07. The third-order valence-corrected chi connectivity index (χ3v) is 5.74. The lowest BCUT2D eigenvalue weighted by atomic mass is 10.1. The Hall–Kier alpha value is -3.82. The molecule has 2 heterocycles. The van der Waals surface area contributed by atoms with Crippen LogP contribution in [0.2, 0.25) is 0 Å². The lowest BCUT2D eigenvalue weighted by Crippen LogP contribution is -2.44. The summed E-state index contributed by atoms with van der Waals surface area (Å²) < 4.78 is 5.36. The van der Waals surface area contributed by atoms with Crippen LogP contribution in [0.4, 0.5) is 21.9 Å². The van der Waals surface area contributed by atoms with Crippen molar-refractivity contribution in [1.29, 1.82) is 0 Å². The van der Waals surface area contributed by atoms with Gasteiger partial charge in [-0.2, -0.15) is 0 Å². The number of carbonyl (C=O) groups is 1. The van der Waals surface area contributed by atoms with Gasteiger partial charge in [0.2, 0.25) is 5.75 Å². The van der Waals surface area contributed by atoms with E-state index in [0.717, 1.165) is 37.4 Å². The first-order chi connectivity index (χ1) is 16.5. The number of anilines is 3. The topological polar surface area (TPSA) is 110 Å². The first-order valence-electron chi connectivity index (χ1n) is 11.2. The SMILES string of the molecule is CN1CCN(c2cccc(NC(=O)Oc3c(NCC(O)c4ccccc4)cc[nH]c3=O)c2)CC1. The first-order valence-corrected chi connectivity index (χ1v) is 11.2. The number of rotatable bonds is 7. The Morgan fingerprint density at radius 1 is 1.09 bits per heavy atom. The highest BCUT2D eigenvalue weighted by molar-refractivity contribution is 5.87. The second-order valence-electron chi connectivity index (χ2n) is 8.21. The van der Waals surface area contributed by atoms with Crippen LogP contribution in [0.3, 0.4) is 0 Å². The van der Waals surface area contributed by atoms with E-state index in [1.807, 2.05) is 48.5 Å². The zero-order valence-corrected chi connectivity index (χ0v) is 19.0. The number of hydrogen-bond donors (Lipinski definition) is 4. The minimum absolute atomic E-state index is 0.137. The van der Waals surface area contributed by atoms with E-state index >= 15 is 0 Å².